The molecule has 1 aliphatic heterocycles. The van der Waals surface area contributed by atoms with Crippen molar-refractivity contribution in [3.05, 3.63) is 39.3 Å². The van der Waals surface area contributed by atoms with Gasteiger partial charge in [-0.25, -0.2) is 14.0 Å². The quantitative estimate of drug-likeness (QED) is 0.741. The van der Waals surface area contributed by atoms with Crippen LogP contribution in [-0.2, 0) is 23.8 Å². The van der Waals surface area contributed by atoms with Gasteiger partial charge in [-0.05, 0) is 40.5 Å². The van der Waals surface area contributed by atoms with Crippen molar-refractivity contribution in [2.75, 3.05) is 32.5 Å². The second-order valence-corrected chi connectivity index (χ2v) is 5.62. The van der Waals surface area contributed by atoms with Crippen LogP contribution in [-0.4, -0.2) is 39.5 Å². The van der Waals surface area contributed by atoms with Crippen molar-refractivity contribution in [2.24, 2.45) is 0 Å². The third-order valence-electron chi connectivity index (χ3n) is 3.36. The number of carbonyl (C=O) groups is 2. The molecule has 1 aromatic carbocycles. The highest BCUT2D eigenvalue weighted by Gasteiger charge is 2.33. The molecule has 1 aliphatic rings. The highest BCUT2D eigenvalue weighted by atomic mass is 79.9. The molecular weight excluding hydrogens is 373 g/mol. The lowest BCUT2D eigenvalue weighted by Gasteiger charge is -2.32. The largest absolute Gasteiger partial charge is 0.466 e. The molecule has 1 aromatic rings. The van der Waals surface area contributed by atoms with Crippen LogP contribution in [0.4, 0.5) is 10.1 Å². The number of anilines is 1. The number of hydrogen-bond acceptors (Lipinski definition) is 6. The van der Waals surface area contributed by atoms with Crippen molar-refractivity contribution in [1.82, 2.24) is 0 Å². The first-order chi connectivity index (χ1) is 10.9. The summed E-state index contributed by atoms with van der Waals surface area (Å²) in [5, 5.41) is 0. The van der Waals surface area contributed by atoms with Gasteiger partial charge in [0.1, 0.15) is 18.2 Å². The zero-order chi connectivity index (χ0) is 17.1. The van der Waals surface area contributed by atoms with Crippen LogP contribution in [0.5, 0.6) is 0 Å². The Morgan fingerprint density at radius 1 is 1.26 bits per heavy atom. The van der Waals surface area contributed by atoms with Crippen LogP contribution >= 0.6 is 15.9 Å². The Kier molecular flexibility index (Phi) is 5.38. The van der Waals surface area contributed by atoms with E-state index in [1.165, 1.54) is 25.2 Å². The molecule has 2 rings (SSSR count). The molecule has 0 fully saturated rings. The maximum absolute atomic E-state index is 13.9. The van der Waals surface area contributed by atoms with E-state index >= 15 is 0 Å². The van der Waals surface area contributed by atoms with E-state index in [9.17, 15) is 14.0 Å². The molecule has 0 bridgehead atoms. The van der Waals surface area contributed by atoms with E-state index in [2.05, 4.69) is 20.7 Å². The van der Waals surface area contributed by atoms with E-state index in [4.69, 9.17) is 9.47 Å². The minimum atomic E-state index is -0.726. The highest BCUT2D eigenvalue weighted by molar-refractivity contribution is 9.10. The van der Waals surface area contributed by atoms with Crippen molar-refractivity contribution < 1.29 is 28.2 Å². The fourth-order valence-electron chi connectivity index (χ4n) is 2.26. The van der Waals surface area contributed by atoms with Crippen molar-refractivity contribution in [3.63, 3.8) is 0 Å². The average molecular weight is 388 g/mol. The number of carbonyl (C=O) groups excluding carboxylic acids is 2. The summed E-state index contributed by atoms with van der Waals surface area (Å²) in [4.78, 5) is 25.5. The van der Waals surface area contributed by atoms with Crippen LogP contribution in [0, 0.1) is 12.7 Å². The summed E-state index contributed by atoms with van der Waals surface area (Å²) < 4.78 is 29.0. The topological polar surface area (TPSA) is 65.1 Å². The third kappa shape index (κ3) is 3.37. The monoisotopic (exact) mass is 387 g/mol. The number of benzene rings is 1. The molecule has 0 radical (unpaired) electrons. The highest BCUT2D eigenvalue weighted by Crippen LogP contribution is 2.32. The van der Waals surface area contributed by atoms with Crippen molar-refractivity contribution in [2.45, 2.75) is 6.92 Å². The summed E-state index contributed by atoms with van der Waals surface area (Å²) in [5.74, 6) is -1.93. The van der Waals surface area contributed by atoms with Gasteiger partial charge in [-0.2, -0.15) is 0 Å². The first-order valence-corrected chi connectivity index (χ1v) is 7.40. The Balaban J connectivity index is 2.62. The molecule has 0 spiro atoms. The molecule has 0 atom stereocenters. The number of methoxy groups -OCH3 is 2. The number of esters is 2. The first kappa shape index (κ1) is 17.4. The maximum atomic E-state index is 13.9. The smallest absolute Gasteiger partial charge is 0.355 e. The Morgan fingerprint density at radius 3 is 2.52 bits per heavy atom. The molecule has 8 heteroatoms. The molecule has 0 amide bonds. The van der Waals surface area contributed by atoms with Crippen molar-refractivity contribution >= 4 is 33.6 Å². The Bertz CT molecular complexity index is 689. The predicted octanol–water partition coefficient (Wildman–Crippen LogP) is 2.29. The predicted molar refractivity (Wildman–Crippen MR) is 83.2 cm³/mol. The van der Waals surface area contributed by atoms with Gasteiger partial charge in [-0.1, -0.05) is 0 Å². The molecular formula is C15H15BrFNO5. The van der Waals surface area contributed by atoms with E-state index in [1.54, 1.807) is 13.0 Å². The normalized spacial score (nSPS) is 14.7. The molecule has 0 saturated carbocycles. The zero-order valence-electron chi connectivity index (χ0n) is 12.8. The molecule has 0 N–H and O–H groups in total. The fraction of sp³-hybridized carbons (Fsp3) is 0.333. The number of rotatable bonds is 3. The maximum Gasteiger partial charge on any atom is 0.355 e. The van der Waals surface area contributed by atoms with Gasteiger partial charge < -0.3 is 19.1 Å². The molecule has 6 nitrogen and oxygen atoms in total. The van der Waals surface area contributed by atoms with Gasteiger partial charge >= 0.3 is 11.9 Å². The summed E-state index contributed by atoms with van der Waals surface area (Å²) in [6, 6.07) is 2.83. The molecule has 0 aliphatic carbocycles. The van der Waals surface area contributed by atoms with E-state index in [-0.39, 0.29) is 24.6 Å². The second kappa shape index (κ2) is 7.10. The molecule has 124 valence electrons. The number of aryl methyl sites for hydroxylation is 1. The van der Waals surface area contributed by atoms with Gasteiger partial charge in [0.25, 0.3) is 0 Å². The van der Waals surface area contributed by atoms with E-state index in [0.29, 0.717) is 15.7 Å². The van der Waals surface area contributed by atoms with E-state index < -0.39 is 17.8 Å². The van der Waals surface area contributed by atoms with Crippen LogP contribution in [0.2, 0.25) is 0 Å². The minimum absolute atomic E-state index is 0.0181. The second-order valence-electron chi connectivity index (χ2n) is 4.77. The SMILES string of the molecule is COC(=O)C1=C(C(=O)OC)N(c2cc(F)c(Br)cc2C)COC1. The summed E-state index contributed by atoms with van der Waals surface area (Å²) in [5.41, 5.74) is 1.09. The van der Waals surface area contributed by atoms with Gasteiger partial charge in [-0.15, -0.1) is 0 Å². The van der Waals surface area contributed by atoms with Crippen LogP contribution in [0.15, 0.2) is 27.9 Å². The fourth-order valence-corrected chi connectivity index (χ4v) is 2.72. The van der Waals surface area contributed by atoms with E-state index in [1.807, 2.05) is 0 Å². The molecule has 0 unspecified atom stereocenters. The van der Waals surface area contributed by atoms with Crippen molar-refractivity contribution in [1.29, 1.82) is 0 Å². The Morgan fingerprint density at radius 2 is 1.91 bits per heavy atom. The average Bonchev–Trinajstić information content (AvgIpc) is 2.56. The number of ether oxygens (including phenoxy) is 3. The van der Waals surface area contributed by atoms with Gasteiger partial charge in [-0.3, -0.25) is 0 Å². The van der Waals surface area contributed by atoms with Crippen LogP contribution in [0.1, 0.15) is 5.56 Å². The lowest BCUT2D eigenvalue weighted by molar-refractivity contribution is -0.140. The number of halogens is 2. The summed E-state index contributed by atoms with van der Waals surface area (Å²) >= 11 is 3.11. The molecule has 1 heterocycles. The third-order valence-corrected chi connectivity index (χ3v) is 3.97. The summed E-state index contributed by atoms with van der Waals surface area (Å²) in [7, 11) is 2.40. The first-order valence-electron chi connectivity index (χ1n) is 6.61. The summed E-state index contributed by atoms with van der Waals surface area (Å²) in [6.45, 7) is 1.64. The lowest BCUT2D eigenvalue weighted by atomic mass is 10.1. The standard InChI is InChI=1S/C15H15BrFNO5/c1-8-4-10(16)11(17)5-12(8)18-7-23-6-9(14(19)21-2)13(18)15(20)22-3/h4-5H,6-7H2,1-3H3. The lowest BCUT2D eigenvalue weighted by Crippen LogP contribution is -2.39. The number of hydrogen-bond donors (Lipinski definition) is 0. The minimum Gasteiger partial charge on any atom is -0.466 e. The van der Waals surface area contributed by atoms with Gasteiger partial charge in [0.05, 0.1) is 30.9 Å². The molecule has 23 heavy (non-hydrogen) atoms. The van der Waals surface area contributed by atoms with Crippen LogP contribution < -0.4 is 4.90 Å². The van der Waals surface area contributed by atoms with Gasteiger partial charge in [0.2, 0.25) is 0 Å². The molecule has 0 aromatic heterocycles. The Hall–Kier alpha value is -1.93. The molecule has 0 saturated heterocycles. The van der Waals surface area contributed by atoms with Crippen LogP contribution in [0.25, 0.3) is 0 Å². The number of nitrogens with zero attached hydrogens (tertiary/aromatic N) is 1. The van der Waals surface area contributed by atoms with Crippen molar-refractivity contribution in [3.8, 4) is 0 Å². The Labute approximate surface area is 140 Å². The zero-order valence-corrected chi connectivity index (χ0v) is 14.4. The van der Waals surface area contributed by atoms with Gasteiger partial charge in [0.15, 0.2) is 0 Å². The van der Waals surface area contributed by atoms with Gasteiger partial charge in [0, 0.05) is 5.69 Å². The van der Waals surface area contributed by atoms with Crippen LogP contribution in [0.3, 0.4) is 0 Å². The van der Waals surface area contributed by atoms with E-state index in [0.717, 1.165) is 0 Å². The summed E-state index contributed by atoms with van der Waals surface area (Å²) in [6.07, 6.45) is 0.